The van der Waals surface area contributed by atoms with Gasteiger partial charge in [-0.25, -0.2) is 0 Å². The van der Waals surface area contributed by atoms with Crippen LogP contribution in [0, 0.1) is 0 Å². The zero-order valence-corrected chi connectivity index (χ0v) is 9.75. The lowest BCUT2D eigenvalue weighted by Gasteiger charge is -2.38. The third-order valence-electron chi connectivity index (χ3n) is 2.84. The van der Waals surface area contributed by atoms with Crippen LogP contribution in [0.4, 0.5) is 0 Å². The van der Waals surface area contributed by atoms with Gasteiger partial charge in [-0.2, -0.15) is 0 Å². The highest BCUT2D eigenvalue weighted by Crippen LogP contribution is 2.12. The summed E-state index contributed by atoms with van der Waals surface area (Å²) in [6, 6.07) is 0. The molecule has 0 radical (unpaired) electrons. The van der Waals surface area contributed by atoms with Gasteiger partial charge in [0.15, 0.2) is 0 Å². The molecule has 2 saturated heterocycles. The van der Waals surface area contributed by atoms with E-state index in [1.165, 1.54) is 0 Å². The Hall–Kier alpha value is -1.80. The summed E-state index contributed by atoms with van der Waals surface area (Å²) in [7, 11) is 0. The first-order chi connectivity index (χ1) is 8.45. The van der Waals surface area contributed by atoms with E-state index in [1.807, 2.05) is 0 Å². The van der Waals surface area contributed by atoms with Crippen LogP contribution < -0.4 is 0 Å². The highest BCUT2D eigenvalue weighted by atomic mass is 16.6. The Morgan fingerprint density at radius 2 is 1.06 bits per heavy atom. The van der Waals surface area contributed by atoms with Crippen molar-refractivity contribution in [3.05, 3.63) is 0 Å². The molecular weight excluding hydrogens is 244 g/mol. The van der Waals surface area contributed by atoms with Crippen LogP contribution in [0.15, 0.2) is 0 Å². The molecule has 0 amide bonds. The summed E-state index contributed by atoms with van der Waals surface area (Å²) in [5.74, 6) is -2.54. The van der Waals surface area contributed by atoms with Gasteiger partial charge in [0.2, 0.25) is 0 Å². The number of carbonyl (C=O) groups is 4. The van der Waals surface area contributed by atoms with Gasteiger partial charge in [0, 0.05) is 0 Å². The average molecular weight is 256 g/mol. The molecule has 0 aliphatic carbocycles. The molecule has 8 nitrogen and oxygen atoms in total. The van der Waals surface area contributed by atoms with Gasteiger partial charge in [-0.3, -0.25) is 29.0 Å². The number of carbonyl (C=O) groups excluding carboxylic acids is 4. The van der Waals surface area contributed by atoms with Crippen LogP contribution in [0.2, 0.25) is 0 Å². The third-order valence-corrected chi connectivity index (χ3v) is 2.84. The van der Waals surface area contributed by atoms with Gasteiger partial charge in [0.1, 0.15) is 0 Å². The number of rotatable bonds is 2. The molecule has 0 unspecified atom stereocenters. The summed E-state index contributed by atoms with van der Waals surface area (Å²) in [4.78, 5) is 47.6. The summed E-state index contributed by atoms with van der Waals surface area (Å²) in [6.07, 6.45) is -0.404. The fourth-order valence-corrected chi connectivity index (χ4v) is 1.92. The maximum Gasteiger partial charge on any atom is 0.327 e. The minimum atomic E-state index is -0.635. The minimum absolute atomic E-state index is 0.0490. The van der Waals surface area contributed by atoms with Crippen LogP contribution in [-0.2, 0) is 28.7 Å². The van der Waals surface area contributed by atoms with Crippen molar-refractivity contribution in [1.29, 1.82) is 0 Å². The maximum absolute atomic E-state index is 11.1. The number of hydrogen-bond donors (Lipinski definition) is 0. The summed E-state index contributed by atoms with van der Waals surface area (Å²) in [6.45, 7) is 1.51. The standard InChI is InChI=1S/C10H12N2O6/c1-6(11-2-7(13)17-8(14)3-11)12-4-9(15)18-10(16)5-12/h6H,2-5H2,1H3. The van der Waals surface area contributed by atoms with E-state index in [9.17, 15) is 19.2 Å². The molecule has 0 bridgehead atoms. The highest BCUT2D eigenvalue weighted by Gasteiger charge is 2.35. The molecule has 0 atom stereocenters. The molecule has 0 spiro atoms. The van der Waals surface area contributed by atoms with E-state index in [4.69, 9.17) is 0 Å². The molecule has 0 saturated carbocycles. The fourth-order valence-electron chi connectivity index (χ4n) is 1.92. The van der Waals surface area contributed by atoms with E-state index in [0.29, 0.717) is 0 Å². The maximum atomic E-state index is 11.1. The van der Waals surface area contributed by atoms with E-state index < -0.39 is 30.0 Å². The van der Waals surface area contributed by atoms with E-state index in [0.717, 1.165) is 0 Å². The molecule has 2 fully saturated rings. The highest BCUT2D eigenvalue weighted by molar-refractivity contribution is 5.91. The second-order valence-corrected chi connectivity index (χ2v) is 4.13. The number of morpholine rings is 2. The Morgan fingerprint density at radius 1 is 0.778 bits per heavy atom. The smallest absolute Gasteiger partial charge is 0.327 e. The van der Waals surface area contributed by atoms with Crippen molar-refractivity contribution in [2.24, 2.45) is 0 Å². The molecule has 0 N–H and O–H groups in total. The van der Waals surface area contributed by atoms with Crippen molar-refractivity contribution < 1.29 is 28.7 Å². The molecule has 18 heavy (non-hydrogen) atoms. The van der Waals surface area contributed by atoms with Crippen molar-refractivity contribution in [3.8, 4) is 0 Å². The Balaban J connectivity index is 2.03. The second-order valence-electron chi connectivity index (χ2n) is 4.13. The van der Waals surface area contributed by atoms with E-state index >= 15 is 0 Å². The summed E-state index contributed by atoms with van der Waals surface area (Å²) >= 11 is 0. The Kier molecular flexibility index (Phi) is 3.39. The lowest BCUT2D eigenvalue weighted by atomic mass is 10.3. The first-order valence-corrected chi connectivity index (χ1v) is 5.41. The molecule has 2 aliphatic heterocycles. The van der Waals surface area contributed by atoms with Gasteiger partial charge >= 0.3 is 23.9 Å². The normalized spacial score (nSPS) is 23.2. The first-order valence-electron chi connectivity index (χ1n) is 5.41. The molecule has 8 heteroatoms. The van der Waals surface area contributed by atoms with Gasteiger partial charge in [-0.1, -0.05) is 0 Å². The second kappa shape index (κ2) is 4.83. The van der Waals surface area contributed by atoms with Gasteiger partial charge in [-0.15, -0.1) is 0 Å². The van der Waals surface area contributed by atoms with Crippen LogP contribution in [0.25, 0.3) is 0 Å². The van der Waals surface area contributed by atoms with Gasteiger partial charge in [0.05, 0.1) is 32.3 Å². The zero-order chi connectivity index (χ0) is 13.3. The molecule has 0 aromatic rings. The van der Waals surface area contributed by atoms with Crippen molar-refractivity contribution in [2.45, 2.75) is 13.1 Å². The molecule has 0 aromatic carbocycles. The third kappa shape index (κ3) is 2.71. The molecule has 0 aromatic heterocycles. The van der Waals surface area contributed by atoms with E-state index in [-0.39, 0.29) is 26.2 Å². The number of esters is 4. The molecular formula is C10H12N2O6. The monoisotopic (exact) mass is 256 g/mol. The van der Waals surface area contributed by atoms with E-state index in [1.54, 1.807) is 16.7 Å². The summed E-state index contributed by atoms with van der Waals surface area (Å²) in [5.41, 5.74) is 0. The van der Waals surface area contributed by atoms with Gasteiger partial charge in [-0.05, 0) is 6.92 Å². The zero-order valence-electron chi connectivity index (χ0n) is 9.75. The van der Waals surface area contributed by atoms with Crippen LogP contribution in [0.3, 0.4) is 0 Å². The minimum Gasteiger partial charge on any atom is -0.391 e. The predicted octanol–water partition coefficient (Wildman–Crippen LogP) is -1.90. The quantitative estimate of drug-likeness (QED) is 0.418. The SMILES string of the molecule is CC(N1CC(=O)OC(=O)C1)N1CC(=O)OC(=O)C1. The fraction of sp³-hybridized carbons (Fsp3) is 0.600. The predicted molar refractivity (Wildman–Crippen MR) is 54.8 cm³/mol. The molecule has 98 valence electrons. The first kappa shape index (κ1) is 12.7. The number of ether oxygens (including phenoxy) is 2. The van der Waals surface area contributed by atoms with Gasteiger partial charge in [0.25, 0.3) is 0 Å². The number of nitrogens with zero attached hydrogens (tertiary/aromatic N) is 2. The van der Waals surface area contributed by atoms with Crippen molar-refractivity contribution in [3.63, 3.8) is 0 Å². The summed E-state index contributed by atoms with van der Waals surface area (Å²) in [5, 5.41) is 0. The molecule has 2 heterocycles. The van der Waals surface area contributed by atoms with Crippen LogP contribution in [-0.4, -0.2) is 66.0 Å². The Labute approximate surface area is 102 Å². The Morgan fingerprint density at radius 3 is 1.33 bits per heavy atom. The Bertz CT molecular complexity index is 351. The number of hydrogen-bond acceptors (Lipinski definition) is 8. The lowest BCUT2D eigenvalue weighted by molar-refractivity contribution is -0.174. The summed E-state index contributed by atoms with van der Waals surface area (Å²) < 4.78 is 8.80. The van der Waals surface area contributed by atoms with E-state index in [2.05, 4.69) is 9.47 Å². The topological polar surface area (TPSA) is 93.2 Å². The van der Waals surface area contributed by atoms with Crippen molar-refractivity contribution >= 4 is 23.9 Å². The largest absolute Gasteiger partial charge is 0.391 e. The number of cyclic esters (lactones) is 4. The van der Waals surface area contributed by atoms with Crippen LogP contribution in [0.1, 0.15) is 6.92 Å². The van der Waals surface area contributed by atoms with Crippen molar-refractivity contribution in [1.82, 2.24) is 9.80 Å². The molecule has 2 rings (SSSR count). The average Bonchev–Trinajstić information content (AvgIpc) is 2.25. The lowest BCUT2D eigenvalue weighted by Crippen LogP contribution is -2.57. The van der Waals surface area contributed by atoms with Crippen LogP contribution >= 0.6 is 0 Å². The van der Waals surface area contributed by atoms with Crippen molar-refractivity contribution in [2.75, 3.05) is 26.2 Å². The molecule has 2 aliphatic rings. The van der Waals surface area contributed by atoms with Crippen LogP contribution in [0.5, 0.6) is 0 Å². The van der Waals surface area contributed by atoms with Gasteiger partial charge < -0.3 is 9.47 Å².